The van der Waals surface area contributed by atoms with E-state index in [0.29, 0.717) is 42.6 Å². The van der Waals surface area contributed by atoms with E-state index >= 15 is 0 Å². The molecule has 7 nitrogen and oxygen atoms in total. The van der Waals surface area contributed by atoms with E-state index in [1.165, 1.54) is 0 Å². The topological polar surface area (TPSA) is 80.8 Å². The quantitative estimate of drug-likeness (QED) is 0.697. The molecule has 3 heterocycles. The predicted octanol–water partition coefficient (Wildman–Crippen LogP) is 3.57. The van der Waals surface area contributed by atoms with Crippen LogP contribution in [0.1, 0.15) is 6.42 Å². The van der Waals surface area contributed by atoms with Crippen LogP contribution in [0, 0.1) is 5.92 Å². The summed E-state index contributed by atoms with van der Waals surface area (Å²) in [4.78, 5) is 31.2. The zero-order valence-electron chi connectivity index (χ0n) is 16.0. The van der Waals surface area contributed by atoms with Gasteiger partial charge in [-0.05, 0) is 36.4 Å². The van der Waals surface area contributed by atoms with Gasteiger partial charge in [-0.25, -0.2) is 4.98 Å². The number of ether oxygens (including phenoxy) is 2. The minimum Gasteiger partial charge on any atom is -0.486 e. The van der Waals surface area contributed by atoms with Crippen molar-refractivity contribution in [1.82, 2.24) is 4.98 Å². The number of hydrogen-bond donors (Lipinski definition) is 1. The van der Waals surface area contributed by atoms with Gasteiger partial charge in [-0.1, -0.05) is 0 Å². The summed E-state index contributed by atoms with van der Waals surface area (Å²) in [7, 11) is 0. The molecule has 8 heteroatoms. The van der Waals surface area contributed by atoms with Crippen LogP contribution in [0.25, 0.3) is 10.6 Å². The second-order valence-corrected chi connectivity index (χ2v) is 8.03. The monoisotopic (exact) mass is 421 g/mol. The lowest BCUT2D eigenvalue weighted by atomic mass is 10.1. The van der Waals surface area contributed by atoms with Gasteiger partial charge in [-0.3, -0.25) is 9.59 Å². The zero-order valence-corrected chi connectivity index (χ0v) is 16.9. The highest BCUT2D eigenvalue weighted by molar-refractivity contribution is 7.13. The van der Waals surface area contributed by atoms with Crippen LogP contribution in [0.3, 0.4) is 0 Å². The van der Waals surface area contributed by atoms with Gasteiger partial charge >= 0.3 is 0 Å². The van der Waals surface area contributed by atoms with Crippen molar-refractivity contribution < 1.29 is 19.1 Å². The van der Waals surface area contributed by atoms with Gasteiger partial charge in [0.15, 0.2) is 11.5 Å². The highest BCUT2D eigenvalue weighted by atomic mass is 32.1. The van der Waals surface area contributed by atoms with Gasteiger partial charge in [0, 0.05) is 47.5 Å². The van der Waals surface area contributed by atoms with Crippen molar-refractivity contribution in [1.29, 1.82) is 0 Å². The maximum absolute atomic E-state index is 12.7. The van der Waals surface area contributed by atoms with E-state index in [4.69, 9.17) is 9.47 Å². The van der Waals surface area contributed by atoms with Gasteiger partial charge in [0.1, 0.15) is 18.2 Å². The lowest BCUT2D eigenvalue weighted by Crippen LogP contribution is -2.28. The molecule has 0 bridgehead atoms. The molecule has 2 amide bonds. The molecule has 2 aromatic carbocycles. The lowest BCUT2D eigenvalue weighted by molar-refractivity contribution is -0.122. The first-order valence-electron chi connectivity index (χ1n) is 9.68. The second kappa shape index (κ2) is 7.79. The molecule has 152 valence electrons. The first-order valence-corrected chi connectivity index (χ1v) is 10.6. The smallest absolute Gasteiger partial charge is 0.229 e. The predicted molar refractivity (Wildman–Crippen MR) is 114 cm³/mol. The average molecular weight is 421 g/mol. The average Bonchev–Trinajstić information content (AvgIpc) is 3.44. The van der Waals surface area contributed by atoms with Gasteiger partial charge in [0.25, 0.3) is 0 Å². The number of aromatic nitrogens is 1. The van der Waals surface area contributed by atoms with Crippen LogP contribution in [-0.2, 0) is 9.59 Å². The fourth-order valence-corrected chi connectivity index (χ4v) is 4.28. The van der Waals surface area contributed by atoms with E-state index in [2.05, 4.69) is 10.3 Å². The van der Waals surface area contributed by atoms with Crippen LogP contribution in [0.4, 0.5) is 11.4 Å². The maximum atomic E-state index is 12.7. The molecule has 1 saturated heterocycles. The summed E-state index contributed by atoms with van der Waals surface area (Å²) in [5, 5.41) is 5.78. The molecule has 1 fully saturated rings. The van der Waals surface area contributed by atoms with Crippen molar-refractivity contribution in [2.75, 3.05) is 30.0 Å². The molecule has 1 aromatic heterocycles. The molecule has 2 aliphatic rings. The molecular weight excluding hydrogens is 402 g/mol. The number of nitrogens with one attached hydrogen (secondary N) is 1. The molecule has 1 N–H and O–H groups in total. The van der Waals surface area contributed by atoms with Crippen molar-refractivity contribution >= 4 is 34.5 Å². The first-order chi connectivity index (χ1) is 14.7. The molecule has 0 saturated carbocycles. The molecule has 0 unspecified atom stereocenters. The number of rotatable bonds is 4. The van der Waals surface area contributed by atoms with E-state index in [0.717, 1.165) is 10.6 Å². The first kappa shape index (κ1) is 18.6. The summed E-state index contributed by atoms with van der Waals surface area (Å²) in [6, 6.07) is 13.0. The van der Waals surface area contributed by atoms with Crippen LogP contribution in [-0.4, -0.2) is 36.6 Å². The number of fused-ring (bicyclic) bond motifs is 1. The molecule has 0 radical (unpaired) electrons. The molecule has 5 rings (SSSR count). The fourth-order valence-electron chi connectivity index (χ4n) is 3.64. The summed E-state index contributed by atoms with van der Waals surface area (Å²) in [5.74, 6) is 0.646. The van der Waals surface area contributed by atoms with Crippen LogP contribution in [0.2, 0.25) is 0 Å². The zero-order chi connectivity index (χ0) is 20.5. The lowest BCUT2D eigenvalue weighted by Gasteiger charge is -2.22. The highest BCUT2D eigenvalue weighted by Crippen LogP contribution is 2.36. The normalized spacial score (nSPS) is 17.8. The number of nitrogens with zero attached hydrogens (tertiary/aromatic N) is 2. The van der Waals surface area contributed by atoms with Crippen LogP contribution in [0.15, 0.2) is 54.0 Å². The van der Waals surface area contributed by atoms with Crippen molar-refractivity contribution in [2.24, 2.45) is 5.92 Å². The van der Waals surface area contributed by atoms with Gasteiger partial charge in [-0.2, -0.15) is 0 Å². The Morgan fingerprint density at radius 3 is 2.67 bits per heavy atom. The van der Waals surface area contributed by atoms with E-state index in [1.54, 1.807) is 34.6 Å². The van der Waals surface area contributed by atoms with E-state index in [-0.39, 0.29) is 18.2 Å². The maximum Gasteiger partial charge on any atom is 0.229 e. The van der Waals surface area contributed by atoms with Crippen molar-refractivity contribution in [2.45, 2.75) is 6.42 Å². The SMILES string of the molecule is O=C(Nc1ccc(-c2nccs2)cc1)[C@H]1CC(=O)N(c2ccc3c(c2)OCCO3)C1. The van der Waals surface area contributed by atoms with Crippen molar-refractivity contribution in [3.8, 4) is 22.1 Å². The van der Waals surface area contributed by atoms with Crippen LogP contribution in [0.5, 0.6) is 11.5 Å². The number of carbonyl (C=O) groups excluding carboxylic acids is 2. The number of anilines is 2. The second-order valence-electron chi connectivity index (χ2n) is 7.14. The van der Waals surface area contributed by atoms with Crippen molar-refractivity contribution in [3.63, 3.8) is 0 Å². The van der Waals surface area contributed by atoms with E-state index in [1.807, 2.05) is 35.7 Å². The van der Waals surface area contributed by atoms with Gasteiger partial charge in [0.05, 0.1) is 5.92 Å². The Hall–Kier alpha value is -3.39. The van der Waals surface area contributed by atoms with E-state index < -0.39 is 5.92 Å². The molecule has 0 spiro atoms. The Labute approximate surface area is 177 Å². The number of thiazole rings is 1. The molecule has 1 atom stereocenters. The van der Waals surface area contributed by atoms with Crippen LogP contribution >= 0.6 is 11.3 Å². The highest BCUT2D eigenvalue weighted by Gasteiger charge is 2.35. The van der Waals surface area contributed by atoms with Gasteiger partial charge in [-0.15, -0.1) is 11.3 Å². The number of carbonyl (C=O) groups is 2. The Morgan fingerprint density at radius 1 is 1.10 bits per heavy atom. The number of benzene rings is 2. The van der Waals surface area contributed by atoms with Crippen molar-refractivity contribution in [3.05, 3.63) is 54.0 Å². The Bertz CT molecular complexity index is 1080. The Kier molecular flexibility index (Phi) is 4.84. The van der Waals surface area contributed by atoms with Gasteiger partial charge < -0.3 is 19.7 Å². The van der Waals surface area contributed by atoms with Gasteiger partial charge in [0.2, 0.25) is 11.8 Å². The summed E-state index contributed by atoms with van der Waals surface area (Å²) in [5.41, 5.74) is 2.42. The standard InChI is InChI=1S/C22H19N3O4S/c26-20-11-15(13-25(20)17-5-6-18-19(12-17)29-9-8-28-18)21(27)24-16-3-1-14(2-4-16)22-23-7-10-30-22/h1-7,10,12,15H,8-9,11,13H2,(H,24,27)/t15-/m0/s1. The molecule has 30 heavy (non-hydrogen) atoms. The third kappa shape index (κ3) is 3.61. The summed E-state index contributed by atoms with van der Waals surface area (Å²) in [6.45, 7) is 1.33. The fraction of sp³-hybridized carbons (Fsp3) is 0.227. The summed E-state index contributed by atoms with van der Waals surface area (Å²) < 4.78 is 11.1. The third-order valence-corrected chi connectivity index (χ3v) is 5.99. The minimum atomic E-state index is -0.413. The minimum absolute atomic E-state index is 0.0778. The number of amides is 2. The largest absolute Gasteiger partial charge is 0.486 e. The molecule has 3 aromatic rings. The Morgan fingerprint density at radius 2 is 1.90 bits per heavy atom. The molecule has 2 aliphatic heterocycles. The number of hydrogen-bond acceptors (Lipinski definition) is 6. The third-order valence-electron chi connectivity index (χ3n) is 5.16. The molecule has 0 aliphatic carbocycles. The summed E-state index contributed by atoms with van der Waals surface area (Å²) >= 11 is 1.56. The van der Waals surface area contributed by atoms with E-state index in [9.17, 15) is 9.59 Å². The molecular formula is C22H19N3O4S. The van der Waals surface area contributed by atoms with Crippen LogP contribution < -0.4 is 19.7 Å². The summed E-state index contributed by atoms with van der Waals surface area (Å²) in [6.07, 6.45) is 1.94. The Balaban J connectivity index is 1.25.